The van der Waals surface area contributed by atoms with Crippen LogP contribution in [-0.4, -0.2) is 19.9 Å². The van der Waals surface area contributed by atoms with Gasteiger partial charge >= 0.3 is 0 Å². The second kappa shape index (κ2) is 8.32. The van der Waals surface area contributed by atoms with Gasteiger partial charge in [-0.2, -0.15) is 0 Å². The third-order valence-corrected chi connectivity index (χ3v) is 6.64. The monoisotopic (exact) mass is 430 g/mol. The van der Waals surface area contributed by atoms with Crippen molar-refractivity contribution >= 4 is 27.2 Å². The number of aliphatic imine (C=N–C) groups is 1. The Balaban J connectivity index is 1.74. The Morgan fingerprint density at radius 3 is 2.26 bits per heavy atom. The van der Waals surface area contributed by atoms with E-state index in [-0.39, 0.29) is 16.4 Å². The predicted molar refractivity (Wildman–Crippen MR) is 123 cm³/mol. The van der Waals surface area contributed by atoms with Gasteiger partial charge in [0.15, 0.2) is 0 Å². The van der Waals surface area contributed by atoms with E-state index < -0.39 is 10.0 Å². The normalized spacial score (nSPS) is 14.8. The fourth-order valence-electron chi connectivity index (χ4n) is 3.60. The first-order valence-corrected chi connectivity index (χ1v) is 11.4. The molecular formula is C25H22N2O3S. The second-order valence-electron chi connectivity index (χ2n) is 7.49. The van der Waals surface area contributed by atoms with E-state index in [0.29, 0.717) is 28.9 Å². The van der Waals surface area contributed by atoms with Gasteiger partial charge in [-0.3, -0.25) is 14.5 Å². The molecule has 0 aliphatic heterocycles. The molecule has 4 rings (SSSR count). The van der Waals surface area contributed by atoms with Crippen LogP contribution >= 0.6 is 0 Å². The smallest absolute Gasteiger partial charge is 0.262 e. The summed E-state index contributed by atoms with van der Waals surface area (Å²) in [6.07, 6.45) is 1.52. The molecule has 0 unspecified atom stereocenters. The van der Waals surface area contributed by atoms with Crippen LogP contribution < -0.4 is 4.72 Å². The maximum absolute atomic E-state index is 13.1. The number of sulfonamides is 1. The maximum Gasteiger partial charge on any atom is 0.262 e. The Kier molecular flexibility index (Phi) is 5.57. The number of hydrogen-bond acceptors (Lipinski definition) is 4. The number of allylic oxidation sites excluding steroid dienone is 1. The van der Waals surface area contributed by atoms with Crippen LogP contribution in [0, 0.1) is 13.8 Å². The first kappa shape index (κ1) is 20.8. The molecule has 0 atom stereocenters. The summed E-state index contributed by atoms with van der Waals surface area (Å²) in [5.41, 5.74) is 4.14. The van der Waals surface area contributed by atoms with E-state index in [9.17, 15) is 13.2 Å². The van der Waals surface area contributed by atoms with Gasteiger partial charge < -0.3 is 0 Å². The SMILES string of the molecule is Cc1ccc(S(=O)(=O)NC2=CC(=NCc3ccccc3)C(=O)c3ccccc32)c(C)c1. The summed E-state index contributed by atoms with van der Waals surface area (Å²) in [5.74, 6) is -0.221. The van der Waals surface area contributed by atoms with Gasteiger partial charge in [0.2, 0.25) is 5.78 Å². The van der Waals surface area contributed by atoms with E-state index >= 15 is 0 Å². The molecule has 1 aliphatic rings. The summed E-state index contributed by atoms with van der Waals surface area (Å²) < 4.78 is 28.9. The van der Waals surface area contributed by atoms with Crippen LogP contribution in [0.25, 0.3) is 5.70 Å². The Labute approximate surface area is 182 Å². The molecule has 0 saturated heterocycles. The number of nitrogens with zero attached hydrogens (tertiary/aromatic N) is 1. The molecule has 3 aromatic carbocycles. The molecule has 0 bridgehead atoms. The number of benzene rings is 3. The lowest BCUT2D eigenvalue weighted by atomic mass is 9.92. The fourth-order valence-corrected chi connectivity index (χ4v) is 4.89. The van der Waals surface area contributed by atoms with Crippen LogP contribution in [0.3, 0.4) is 0 Å². The molecule has 0 amide bonds. The van der Waals surface area contributed by atoms with Gasteiger partial charge in [0.1, 0.15) is 5.71 Å². The van der Waals surface area contributed by atoms with Gasteiger partial charge in [-0.25, -0.2) is 8.42 Å². The van der Waals surface area contributed by atoms with E-state index in [1.165, 1.54) is 6.08 Å². The van der Waals surface area contributed by atoms with Crippen LogP contribution in [0.5, 0.6) is 0 Å². The summed E-state index contributed by atoms with van der Waals surface area (Å²) in [6, 6.07) is 21.7. The minimum atomic E-state index is -3.84. The zero-order valence-electron chi connectivity index (χ0n) is 17.3. The third-order valence-electron chi connectivity index (χ3n) is 5.11. The maximum atomic E-state index is 13.1. The van der Waals surface area contributed by atoms with Gasteiger partial charge in [-0.05, 0) is 37.1 Å². The molecule has 3 aromatic rings. The summed E-state index contributed by atoms with van der Waals surface area (Å²) in [6.45, 7) is 4.01. The molecule has 6 heteroatoms. The molecule has 0 aromatic heterocycles. The van der Waals surface area contributed by atoms with Crippen molar-refractivity contribution in [3.63, 3.8) is 0 Å². The van der Waals surface area contributed by atoms with Crippen molar-refractivity contribution in [1.29, 1.82) is 0 Å². The number of fused-ring (bicyclic) bond motifs is 1. The molecule has 5 nitrogen and oxygen atoms in total. The largest absolute Gasteiger partial charge is 0.287 e. The average molecular weight is 431 g/mol. The lowest BCUT2D eigenvalue weighted by Crippen LogP contribution is -2.29. The number of Topliss-reactive ketones (excluding diaryl/α,β-unsaturated/α-hetero) is 1. The van der Waals surface area contributed by atoms with Gasteiger partial charge in [0.05, 0.1) is 17.1 Å². The Morgan fingerprint density at radius 1 is 0.871 bits per heavy atom. The Hall–Kier alpha value is -3.51. The average Bonchev–Trinajstić information content (AvgIpc) is 2.75. The number of ketones is 1. The van der Waals surface area contributed by atoms with Crippen molar-refractivity contribution in [3.05, 3.63) is 107 Å². The van der Waals surface area contributed by atoms with Gasteiger partial charge in [-0.1, -0.05) is 72.3 Å². The van der Waals surface area contributed by atoms with Crippen molar-refractivity contribution in [2.45, 2.75) is 25.3 Å². The minimum Gasteiger partial charge on any atom is -0.287 e. The van der Waals surface area contributed by atoms with Crippen molar-refractivity contribution in [2.24, 2.45) is 4.99 Å². The highest BCUT2D eigenvalue weighted by atomic mass is 32.2. The molecule has 31 heavy (non-hydrogen) atoms. The zero-order chi connectivity index (χ0) is 22.0. The van der Waals surface area contributed by atoms with E-state index in [1.54, 1.807) is 43.3 Å². The number of hydrogen-bond donors (Lipinski definition) is 1. The lowest BCUT2D eigenvalue weighted by molar-refractivity contribution is 0.106. The number of nitrogens with one attached hydrogen (secondary N) is 1. The highest BCUT2D eigenvalue weighted by Crippen LogP contribution is 2.26. The Morgan fingerprint density at radius 2 is 1.55 bits per heavy atom. The molecule has 0 spiro atoms. The van der Waals surface area contributed by atoms with Crippen LogP contribution in [0.4, 0.5) is 0 Å². The summed E-state index contributed by atoms with van der Waals surface area (Å²) in [7, 11) is -3.84. The fraction of sp³-hybridized carbons (Fsp3) is 0.120. The highest BCUT2D eigenvalue weighted by Gasteiger charge is 2.27. The van der Waals surface area contributed by atoms with E-state index in [4.69, 9.17) is 0 Å². The molecule has 0 fully saturated rings. The zero-order valence-corrected chi connectivity index (χ0v) is 18.1. The molecule has 0 radical (unpaired) electrons. The van der Waals surface area contributed by atoms with Crippen molar-refractivity contribution in [2.75, 3.05) is 0 Å². The molecule has 1 N–H and O–H groups in total. The summed E-state index contributed by atoms with van der Waals surface area (Å²) in [4.78, 5) is 17.6. The van der Waals surface area contributed by atoms with E-state index in [0.717, 1.165) is 11.1 Å². The van der Waals surface area contributed by atoms with Gasteiger partial charge in [-0.15, -0.1) is 0 Å². The molecule has 1 aliphatic carbocycles. The topological polar surface area (TPSA) is 75.6 Å². The van der Waals surface area contributed by atoms with Crippen LogP contribution in [0.15, 0.2) is 88.8 Å². The van der Waals surface area contributed by atoms with Crippen LogP contribution in [0.1, 0.15) is 32.6 Å². The molecule has 156 valence electrons. The summed E-state index contributed by atoms with van der Waals surface area (Å²) in [5, 5.41) is 0. The third kappa shape index (κ3) is 4.34. The first-order chi connectivity index (χ1) is 14.8. The van der Waals surface area contributed by atoms with Crippen LogP contribution in [-0.2, 0) is 16.6 Å². The van der Waals surface area contributed by atoms with Gasteiger partial charge in [0.25, 0.3) is 10.0 Å². The first-order valence-electron chi connectivity index (χ1n) is 9.89. The van der Waals surface area contributed by atoms with Crippen LogP contribution in [0.2, 0.25) is 0 Å². The highest BCUT2D eigenvalue weighted by molar-refractivity contribution is 7.90. The molecule has 0 heterocycles. The van der Waals surface area contributed by atoms with Crippen molar-refractivity contribution < 1.29 is 13.2 Å². The number of aryl methyl sites for hydroxylation is 2. The number of carbonyl (C=O) groups is 1. The quantitative estimate of drug-likeness (QED) is 0.649. The van der Waals surface area contributed by atoms with Gasteiger partial charge in [0, 0.05) is 11.1 Å². The number of carbonyl (C=O) groups excluding carboxylic acids is 1. The predicted octanol–water partition coefficient (Wildman–Crippen LogP) is 4.46. The van der Waals surface area contributed by atoms with Crippen molar-refractivity contribution in [1.82, 2.24) is 4.72 Å². The molecular weight excluding hydrogens is 408 g/mol. The lowest BCUT2D eigenvalue weighted by Gasteiger charge is -2.20. The van der Waals surface area contributed by atoms with Crippen molar-refractivity contribution in [3.8, 4) is 0 Å². The number of rotatable bonds is 5. The second-order valence-corrected chi connectivity index (χ2v) is 9.15. The van der Waals surface area contributed by atoms with E-state index in [2.05, 4.69) is 9.71 Å². The Bertz CT molecular complexity index is 1320. The van der Waals surface area contributed by atoms with E-state index in [1.807, 2.05) is 43.3 Å². The molecule has 0 saturated carbocycles. The minimum absolute atomic E-state index is 0.205. The standard InChI is InChI=1S/C25H22N2O3S/c1-17-12-13-24(18(2)14-17)31(29,30)27-22-15-23(26-16-19-8-4-3-5-9-19)25(28)21-11-7-6-10-20(21)22/h3-15,27H,16H2,1-2H3. The summed E-state index contributed by atoms with van der Waals surface area (Å²) >= 11 is 0.